The van der Waals surface area contributed by atoms with Gasteiger partial charge in [0.25, 0.3) is 5.91 Å². The second-order valence-electron chi connectivity index (χ2n) is 8.07. The molecule has 0 aliphatic heterocycles. The molecule has 0 unspecified atom stereocenters. The SMILES string of the molecule is Cc1cc(C(=O)N[C@](C)(C(=O)O)C2CCCCC2)c(NC(=O)Nc2c(Cl)cccc2Cl)s1. The average Bonchev–Trinajstić information content (AvgIpc) is 3.11. The van der Waals surface area contributed by atoms with Crippen molar-refractivity contribution in [2.75, 3.05) is 10.6 Å². The number of nitrogens with one attached hydrogen (secondary N) is 3. The molecule has 7 nitrogen and oxygen atoms in total. The molecule has 0 saturated heterocycles. The number of rotatable bonds is 6. The molecule has 1 saturated carbocycles. The summed E-state index contributed by atoms with van der Waals surface area (Å²) < 4.78 is 0. The Kier molecular flexibility index (Phi) is 7.69. The van der Waals surface area contributed by atoms with Crippen LogP contribution in [0.25, 0.3) is 0 Å². The molecular formula is C22H25Cl2N3O4S. The Morgan fingerprint density at radius 2 is 1.72 bits per heavy atom. The van der Waals surface area contributed by atoms with Crippen LogP contribution in [0.2, 0.25) is 10.0 Å². The second kappa shape index (κ2) is 10.1. The van der Waals surface area contributed by atoms with Crippen LogP contribution in [0.15, 0.2) is 24.3 Å². The average molecular weight is 498 g/mol. The van der Waals surface area contributed by atoms with E-state index in [0.29, 0.717) is 5.00 Å². The number of hydrogen-bond acceptors (Lipinski definition) is 4. The fraction of sp³-hybridized carbons (Fsp3) is 0.409. The molecule has 1 aliphatic rings. The van der Waals surface area contributed by atoms with Crippen molar-refractivity contribution in [2.24, 2.45) is 5.92 Å². The van der Waals surface area contributed by atoms with E-state index in [4.69, 9.17) is 23.2 Å². The summed E-state index contributed by atoms with van der Waals surface area (Å²) in [5.41, 5.74) is -0.933. The third-order valence-electron chi connectivity index (χ3n) is 5.77. The Morgan fingerprint density at radius 1 is 1.09 bits per heavy atom. The van der Waals surface area contributed by atoms with Crippen LogP contribution in [0.1, 0.15) is 54.3 Å². The zero-order valence-electron chi connectivity index (χ0n) is 17.8. The highest BCUT2D eigenvalue weighted by Gasteiger charge is 2.43. The van der Waals surface area contributed by atoms with Crippen molar-refractivity contribution < 1.29 is 19.5 Å². The number of aliphatic carboxylic acids is 1. The number of amides is 3. The normalized spacial score (nSPS) is 16.1. The minimum atomic E-state index is -1.39. The van der Waals surface area contributed by atoms with Crippen LogP contribution in [-0.4, -0.2) is 28.6 Å². The summed E-state index contributed by atoms with van der Waals surface area (Å²) in [6.07, 6.45) is 4.45. The van der Waals surface area contributed by atoms with Gasteiger partial charge in [-0.3, -0.25) is 10.1 Å². The predicted molar refractivity (Wildman–Crippen MR) is 128 cm³/mol. The lowest BCUT2D eigenvalue weighted by molar-refractivity contribution is -0.146. The van der Waals surface area contributed by atoms with Crippen molar-refractivity contribution >= 4 is 63.1 Å². The van der Waals surface area contributed by atoms with Gasteiger partial charge in [-0.15, -0.1) is 11.3 Å². The number of aryl methyl sites for hydroxylation is 1. The fourth-order valence-electron chi connectivity index (χ4n) is 3.95. The van der Waals surface area contributed by atoms with E-state index in [-0.39, 0.29) is 27.2 Å². The summed E-state index contributed by atoms with van der Waals surface area (Å²) in [7, 11) is 0. The van der Waals surface area contributed by atoms with Crippen LogP contribution in [0.4, 0.5) is 15.5 Å². The Labute approximate surface area is 200 Å². The summed E-state index contributed by atoms with van der Waals surface area (Å²) in [6, 6.07) is 5.85. The van der Waals surface area contributed by atoms with Gasteiger partial charge in [0.15, 0.2) is 0 Å². The molecule has 2 aromatic rings. The van der Waals surface area contributed by atoms with Crippen LogP contribution < -0.4 is 16.0 Å². The highest BCUT2D eigenvalue weighted by Crippen LogP contribution is 2.35. The lowest BCUT2D eigenvalue weighted by Gasteiger charge is -2.37. The number of para-hydroxylation sites is 1. The largest absolute Gasteiger partial charge is 0.480 e. The summed E-state index contributed by atoms with van der Waals surface area (Å²) in [4.78, 5) is 38.6. The van der Waals surface area contributed by atoms with Crippen LogP contribution in [-0.2, 0) is 4.79 Å². The van der Waals surface area contributed by atoms with Gasteiger partial charge in [0.2, 0.25) is 0 Å². The highest BCUT2D eigenvalue weighted by atomic mass is 35.5. The van der Waals surface area contributed by atoms with Crippen molar-refractivity contribution in [3.05, 3.63) is 44.8 Å². The van der Waals surface area contributed by atoms with E-state index in [9.17, 15) is 19.5 Å². The zero-order chi connectivity index (χ0) is 23.5. The molecule has 1 aliphatic carbocycles. The maximum Gasteiger partial charge on any atom is 0.329 e. The first-order valence-corrected chi connectivity index (χ1v) is 11.9. The molecular weight excluding hydrogens is 473 g/mol. The van der Waals surface area contributed by atoms with Crippen molar-refractivity contribution in [3.63, 3.8) is 0 Å². The van der Waals surface area contributed by atoms with E-state index in [1.807, 2.05) is 0 Å². The van der Waals surface area contributed by atoms with Crippen molar-refractivity contribution in [2.45, 2.75) is 51.5 Å². The van der Waals surface area contributed by atoms with Gasteiger partial charge in [0.05, 0.1) is 21.3 Å². The fourth-order valence-corrected chi connectivity index (χ4v) is 5.35. The third-order valence-corrected chi connectivity index (χ3v) is 7.36. The van der Waals surface area contributed by atoms with E-state index < -0.39 is 23.4 Å². The number of anilines is 2. The van der Waals surface area contributed by atoms with Gasteiger partial charge in [0.1, 0.15) is 10.5 Å². The molecule has 0 bridgehead atoms. The summed E-state index contributed by atoms with van der Waals surface area (Å²) >= 11 is 13.4. The highest BCUT2D eigenvalue weighted by molar-refractivity contribution is 7.16. The summed E-state index contributed by atoms with van der Waals surface area (Å²) in [5.74, 6) is -1.76. The van der Waals surface area contributed by atoms with Crippen LogP contribution in [0.3, 0.4) is 0 Å². The van der Waals surface area contributed by atoms with E-state index in [1.165, 1.54) is 11.3 Å². The molecule has 1 aromatic heterocycles. The van der Waals surface area contributed by atoms with Gasteiger partial charge >= 0.3 is 12.0 Å². The van der Waals surface area contributed by atoms with Crippen LogP contribution in [0, 0.1) is 12.8 Å². The van der Waals surface area contributed by atoms with Gasteiger partial charge in [-0.05, 0) is 50.8 Å². The number of hydrogen-bond donors (Lipinski definition) is 4. The molecule has 1 atom stereocenters. The van der Waals surface area contributed by atoms with Crippen molar-refractivity contribution in [1.29, 1.82) is 0 Å². The molecule has 1 aromatic carbocycles. The molecule has 10 heteroatoms. The van der Waals surface area contributed by atoms with Gasteiger partial charge in [0, 0.05) is 4.88 Å². The molecule has 0 radical (unpaired) electrons. The van der Waals surface area contributed by atoms with Crippen LogP contribution >= 0.6 is 34.5 Å². The molecule has 3 rings (SSSR count). The molecule has 3 amide bonds. The molecule has 0 spiro atoms. The first-order valence-electron chi connectivity index (χ1n) is 10.3. The van der Waals surface area contributed by atoms with Gasteiger partial charge < -0.3 is 15.7 Å². The number of carboxylic acids is 1. The summed E-state index contributed by atoms with van der Waals surface area (Å²) in [6.45, 7) is 3.36. The second-order valence-corrected chi connectivity index (χ2v) is 10.1. The quantitative estimate of drug-likeness (QED) is 0.383. The molecule has 32 heavy (non-hydrogen) atoms. The Morgan fingerprint density at radius 3 is 2.31 bits per heavy atom. The maximum atomic E-state index is 13.1. The van der Waals surface area contributed by atoms with E-state index in [2.05, 4.69) is 16.0 Å². The first kappa shape index (κ1) is 24.4. The topological polar surface area (TPSA) is 108 Å². The molecule has 4 N–H and O–H groups in total. The number of carbonyl (C=O) groups is 3. The minimum absolute atomic E-state index is 0.153. The number of carbonyl (C=O) groups excluding carboxylic acids is 2. The van der Waals surface area contributed by atoms with Gasteiger partial charge in [-0.1, -0.05) is 48.5 Å². The van der Waals surface area contributed by atoms with Crippen molar-refractivity contribution in [1.82, 2.24) is 5.32 Å². The zero-order valence-corrected chi connectivity index (χ0v) is 20.1. The van der Waals surface area contributed by atoms with Gasteiger partial charge in [-0.2, -0.15) is 0 Å². The van der Waals surface area contributed by atoms with Crippen LogP contribution in [0.5, 0.6) is 0 Å². The lowest BCUT2D eigenvalue weighted by Crippen LogP contribution is -2.57. The number of benzene rings is 1. The van der Waals surface area contributed by atoms with E-state index in [1.54, 1.807) is 38.1 Å². The maximum absolute atomic E-state index is 13.1. The van der Waals surface area contributed by atoms with E-state index in [0.717, 1.165) is 37.0 Å². The Hall–Kier alpha value is -2.29. The smallest absolute Gasteiger partial charge is 0.329 e. The lowest BCUT2D eigenvalue weighted by atomic mass is 9.75. The van der Waals surface area contributed by atoms with E-state index >= 15 is 0 Å². The number of halogens is 2. The molecule has 1 heterocycles. The Bertz CT molecular complexity index is 1020. The standard InChI is InChI=1S/C22H25Cl2N3O4S/c1-12-11-14(18(28)27-22(2,20(29)30)13-7-4-3-5-8-13)19(32-12)26-21(31)25-17-15(23)9-6-10-16(17)24/h6,9-11,13H,3-5,7-8H2,1-2H3,(H,27,28)(H,29,30)(H2,25,26,31)/t22-/m0/s1. The molecule has 1 fully saturated rings. The molecule has 172 valence electrons. The predicted octanol–water partition coefficient (Wildman–Crippen LogP) is 6.16. The van der Waals surface area contributed by atoms with Crippen molar-refractivity contribution in [3.8, 4) is 0 Å². The minimum Gasteiger partial charge on any atom is -0.480 e. The number of carboxylic acid groups (broad SMARTS) is 1. The summed E-state index contributed by atoms with van der Waals surface area (Å²) in [5, 5.41) is 18.7. The third kappa shape index (κ3) is 5.36. The Balaban J connectivity index is 1.78. The van der Waals surface area contributed by atoms with Gasteiger partial charge in [-0.25, -0.2) is 9.59 Å². The monoisotopic (exact) mass is 497 g/mol. The number of urea groups is 1. The first-order chi connectivity index (χ1) is 15.1. The number of thiophene rings is 1.